The predicted octanol–water partition coefficient (Wildman–Crippen LogP) is 3.98. The van der Waals surface area contributed by atoms with E-state index in [9.17, 15) is 0 Å². The van der Waals surface area contributed by atoms with E-state index in [4.69, 9.17) is 0 Å². The molecular formula is C19H27IN4S2. The lowest BCUT2D eigenvalue weighted by molar-refractivity contribution is 0.181. The standard InChI is InChI=1S/C19H26N4S2.HI/c1-20-19(21-2)22-12-17(14-4-6-16(24-3)7-5-14)23-10-8-18-15(13-23)9-11-25-18;/h4-7,9,11,17H,8,10,12-13H2,1-3H3,(H2,20,21,22);1H. The molecule has 0 bridgehead atoms. The Morgan fingerprint density at radius 3 is 2.73 bits per heavy atom. The maximum Gasteiger partial charge on any atom is 0.190 e. The Kier molecular flexibility index (Phi) is 8.72. The number of thioether (sulfide) groups is 1. The third kappa shape index (κ3) is 5.15. The van der Waals surface area contributed by atoms with Crippen LogP contribution in [0.15, 0.2) is 45.6 Å². The van der Waals surface area contributed by atoms with Crippen LogP contribution >= 0.6 is 47.1 Å². The number of hydrogen-bond donors (Lipinski definition) is 2. The molecule has 2 N–H and O–H groups in total. The summed E-state index contributed by atoms with van der Waals surface area (Å²) >= 11 is 3.68. The fourth-order valence-corrected chi connectivity index (χ4v) is 4.59. The summed E-state index contributed by atoms with van der Waals surface area (Å²) in [5.41, 5.74) is 2.84. The van der Waals surface area contributed by atoms with Gasteiger partial charge in [-0.3, -0.25) is 9.89 Å². The monoisotopic (exact) mass is 502 g/mol. The molecule has 0 amide bonds. The molecule has 1 unspecified atom stereocenters. The van der Waals surface area contributed by atoms with Gasteiger partial charge in [-0.2, -0.15) is 0 Å². The van der Waals surface area contributed by atoms with Gasteiger partial charge >= 0.3 is 0 Å². The van der Waals surface area contributed by atoms with Crippen molar-refractivity contribution in [2.45, 2.75) is 23.9 Å². The first-order valence-electron chi connectivity index (χ1n) is 8.56. The molecule has 2 aromatic rings. The summed E-state index contributed by atoms with van der Waals surface area (Å²) in [6.07, 6.45) is 3.26. The Labute approximate surface area is 181 Å². The van der Waals surface area contributed by atoms with E-state index in [0.717, 1.165) is 32.0 Å². The van der Waals surface area contributed by atoms with Gasteiger partial charge in [0, 0.05) is 43.5 Å². The van der Waals surface area contributed by atoms with Gasteiger partial charge in [-0.15, -0.1) is 47.1 Å². The van der Waals surface area contributed by atoms with E-state index in [-0.39, 0.29) is 24.0 Å². The SMILES string of the molecule is CN=C(NC)NCC(c1ccc(SC)cc1)N1CCc2sccc2C1.I. The lowest BCUT2D eigenvalue weighted by atomic mass is 10.0. The Morgan fingerprint density at radius 2 is 2.08 bits per heavy atom. The van der Waals surface area contributed by atoms with Crippen molar-refractivity contribution in [3.63, 3.8) is 0 Å². The fraction of sp³-hybridized carbons (Fsp3) is 0.421. The maximum atomic E-state index is 4.25. The van der Waals surface area contributed by atoms with E-state index >= 15 is 0 Å². The van der Waals surface area contributed by atoms with E-state index in [1.807, 2.05) is 18.4 Å². The largest absolute Gasteiger partial charge is 0.359 e. The first-order valence-corrected chi connectivity index (χ1v) is 10.7. The van der Waals surface area contributed by atoms with Gasteiger partial charge in [0.15, 0.2) is 5.96 Å². The number of halogens is 1. The lowest BCUT2D eigenvalue weighted by Crippen LogP contribution is -2.43. The number of aliphatic imine (C=N–C) groups is 1. The van der Waals surface area contributed by atoms with Crippen molar-refractivity contribution in [2.24, 2.45) is 4.99 Å². The van der Waals surface area contributed by atoms with E-state index in [1.54, 1.807) is 23.7 Å². The van der Waals surface area contributed by atoms with Crippen LogP contribution in [0.5, 0.6) is 0 Å². The molecule has 0 saturated carbocycles. The Hall–Kier alpha value is -0.770. The van der Waals surface area contributed by atoms with Crippen LogP contribution in [0.2, 0.25) is 0 Å². The molecule has 1 aliphatic rings. The first-order chi connectivity index (χ1) is 12.2. The van der Waals surface area contributed by atoms with Crippen molar-refractivity contribution >= 4 is 53.0 Å². The van der Waals surface area contributed by atoms with Crippen LogP contribution in [0.25, 0.3) is 0 Å². The topological polar surface area (TPSA) is 39.7 Å². The van der Waals surface area contributed by atoms with E-state index in [2.05, 4.69) is 62.5 Å². The molecule has 0 radical (unpaired) electrons. The van der Waals surface area contributed by atoms with Crippen LogP contribution in [0.4, 0.5) is 0 Å². The fourth-order valence-electron chi connectivity index (χ4n) is 3.29. The molecule has 7 heteroatoms. The number of nitrogens with one attached hydrogen (secondary N) is 2. The van der Waals surface area contributed by atoms with Gasteiger partial charge in [-0.1, -0.05) is 12.1 Å². The van der Waals surface area contributed by atoms with Crippen LogP contribution in [0.3, 0.4) is 0 Å². The molecule has 0 spiro atoms. The predicted molar refractivity (Wildman–Crippen MR) is 125 cm³/mol. The lowest BCUT2D eigenvalue weighted by Gasteiger charge is -2.35. The highest BCUT2D eigenvalue weighted by atomic mass is 127. The van der Waals surface area contributed by atoms with Crippen LogP contribution < -0.4 is 10.6 Å². The molecule has 26 heavy (non-hydrogen) atoms. The Morgan fingerprint density at radius 1 is 1.31 bits per heavy atom. The normalized spacial score (nSPS) is 15.7. The third-order valence-electron chi connectivity index (χ3n) is 4.70. The zero-order chi connectivity index (χ0) is 17.6. The summed E-state index contributed by atoms with van der Waals surface area (Å²) < 4.78 is 0. The molecule has 1 aromatic carbocycles. The van der Waals surface area contributed by atoms with Crippen LogP contribution in [0, 0.1) is 0 Å². The maximum absolute atomic E-state index is 4.25. The zero-order valence-electron chi connectivity index (χ0n) is 15.5. The Balaban J connectivity index is 0.00000243. The van der Waals surface area contributed by atoms with E-state index in [0.29, 0.717) is 6.04 Å². The van der Waals surface area contributed by atoms with Crippen LogP contribution in [-0.4, -0.2) is 44.3 Å². The summed E-state index contributed by atoms with van der Waals surface area (Å²) in [4.78, 5) is 9.68. The van der Waals surface area contributed by atoms with Gasteiger partial charge in [0.25, 0.3) is 0 Å². The third-order valence-corrected chi connectivity index (χ3v) is 6.47. The van der Waals surface area contributed by atoms with Crippen molar-refractivity contribution in [3.05, 3.63) is 51.7 Å². The smallest absolute Gasteiger partial charge is 0.190 e. The molecule has 0 saturated heterocycles. The van der Waals surface area contributed by atoms with Crippen molar-refractivity contribution in [3.8, 4) is 0 Å². The van der Waals surface area contributed by atoms with Crippen LogP contribution in [-0.2, 0) is 13.0 Å². The van der Waals surface area contributed by atoms with E-state index in [1.165, 1.54) is 16.0 Å². The Bertz CT molecular complexity index is 715. The number of fused-ring (bicyclic) bond motifs is 1. The number of benzene rings is 1. The van der Waals surface area contributed by atoms with Gasteiger partial charge in [-0.05, 0) is 47.4 Å². The average Bonchev–Trinajstić information content (AvgIpc) is 3.13. The molecular weight excluding hydrogens is 475 g/mol. The molecule has 3 rings (SSSR count). The second-order valence-electron chi connectivity index (χ2n) is 6.08. The summed E-state index contributed by atoms with van der Waals surface area (Å²) in [6.45, 7) is 2.96. The van der Waals surface area contributed by atoms with Gasteiger partial charge < -0.3 is 10.6 Å². The highest BCUT2D eigenvalue weighted by Crippen LogP contribution is 2.30. The molecule has 1 atom stereocenters. The molecule has 4 nitrogen and oxygen atoms in total. The number of nitrogens with zero attached hydrogens (tertiary/aromatic N) is 2. The van der Waals surface area contributed by atoms with Gasteiger partial charge in [0.2, 0.25) is 0 Å². The van der Waals surface area contributed by atoms with Gasteiger partial charge in [0.05, 0.1) is 6.04 Å². The van der Waals surface area contributed by atoms with Crippen molar-refractivity contribution in [2.75, 3.05) is 33.4 Å². The second-order valence-corrected chi connectivity index (χ2v) is 7.96. The quantitative estimate of drug-likeness (QED) is 0.281. The van der Waals surface area contributed by atoms with Crippen molar-refractivity contribution < 1.29 is 0 Å². The minimum atomic E-state index is 0. The first kappa shape index (κ1) is 21.5. The highest BCUT2D eigenvalue weighted by Gasteiger charge is 2.25. The minimum Gasteiger partial charge on any atom is -0.359 e. The summed E-state index contributed by atoms with van der Waals surface area (Å²) in [5, 5.41) is 8.79. The number of hydrogen-bond acceptors (Lipinski definition) is 4. The highest BCUT2D eigenvalue weighted by molar-refractivity contribution is 14.0. The molecule has 1 aromatic heterocycles. The minimum absolute atomic E-state index is 0. The zero-order valence-corrected chi connectivity index (χ0v) is 19.5. The van der Waals surface area contributed by atoms with Crippen LogP contribution in [0.1, 0.15) is 22.0 Å². The number of guanidine groups is 1. The number of thiophene rings is 1. The van der Waals surface area contributed by atoms with Gasteiger partial charge in [-0.25, -0.2) is 0 Å². The molecule has 0 aliphatic carbocycles. The molecule has 2 heterocycles. The van der Waals surface area contributed by atoms with Crippen molar-refractivity contribution in [1.82, 2.24) is 15.5 Å². The molecule has 0 fully saturated rings. The average molecular weight is 502 g/mol. The summed E-state index contributed by atoms with van der Waals surface area (Å²) in [5.74, 6) is 0.832. The summed E-state index contributed by atoms with van der Waals surface area (Å²) in [7, 11) is 3.70. The molecule has 142 valence electrons. The number of rotatable bonds is 5. The van der Waals surface area contributed by atoms with Crippen molar-refractivity contribution in [1.29, 1.82) is 0 Å². The van der Waals surface area contributed by atoms with Gasteiger partial charge in [0.1, 0.15) is 0 Å². The second kappa shape index (κ2) is 10.5. The van der Waals surface area contributed by atoms with E-state index < -0.39 is 0 Å². The molecule has 1 aliphatic heterocycles. The summed E-state index contributed by atoms with van der Waals surface area (Å²) in [6, 6.07) is 11.6.